The van der Waals surface area contributed by atoms with Gasteiger partial charge in [-0.25, -0.2) is 0 Å². The number of nitrogens with two attached hydrogens (primary N) is 1. The Bertz CT molecular complexity index is 911. The highest BCUT2D eigenvalue weighted by Crippen LogP contribution is 2.24. The van der Waals surface area contributed by atoms with Crippen LogP contribution in [-0.2, 0) is 0 Å². The van der Waals surface area contributed by atoms with Gasteiger partial charge in [-0.1, -0.05) is 41.0 Å². The first-order chi connectivity index (χ1) is 12.7. The minimum absolute atomic E-state index is 0. The molecule has 0 radical (unpaired) electrons. The van der Waals surface area contributed by atoms with Crippen molar-refractivity contribution < 1.29 is 22.6 Å². The highest BCUT2D eigenvalue weighted by molar-refractivity contribution is 5.93. The van der Waals surface area contributed by atoms with E-state index in [0.717, 1.165) is 28.5 Å². The van der Waals surface area contributed by atoms with Crippen molar-refractivity contribution >= 4 is 17.2 Å². The first-order valence-corrected chi connectivity index (χ1v) is 8.53. The predicted octanol–water partition coefficient (Wildman–Crippen LogP) is 0.0894. The number of halogens is 1. The third-order valence-corrected chi connectivity index (χ3v) is 4.32. The summed E-state index contributed by atoms with van der Waals surface area (Å²) in [5, 5.41) is 8.82. The number of methoxy groups -OCH3 is 1. The van der Waals surface area contributed by atoms with Crippen LogP contribution >= 0.6 is 0 Å². The quantitative estimate of drug-likeness (QED) is 0.652. The number of ether oxygens (including phenoxy) is 1. The number of hydrazine groups is 1. The van der Waals surface area contributed by atoms with Gasteiger partial charge in [0.25, 0.3) is 5.84 Å². The van der Waals surface area contributed by atoms with Crippen molar-refractivity contribution in [2.24, 2.45) is 5.10 Å². The standard InChI is InChI=1S/C21H20N4O.ClH/c1-16-8-10-18(11-9-16)24-22-21(17-6-4-3-5-7-17)23-25(24)19-12-14-20(26-2)15-13-19;/h3-15H,1-2H3,(H,22,23);1H. The zero-order chi connectivity index (χ0) is 17.9. The zero-order valence-corrected chi connectivity index (χ0v) is 16.0. The van der Waals surface area contributed by atoms with Gasteiger partial charge in [0.05, 0.1) is 18.4 Å². The van der Waals surface area contributed by atoms with Gasteiger partial charge in [0.15, 0.2) is 0 Å². The van der Waals surface area contributed by atoms with Crippen molar-refractivity contribution in [2.75, 3.05) is 17.3 Å². The number of aryl methyl sites for hydroxylation is 1. The third-order valence-electron chi connectivity index (χ3n) is 4.32. The summed E-state index contributed by atoms with van der Waals surface area (Å²) in [5.74, 6) is 1.75. The summed E-state index contributed by atoms with van der Waals surface area (Å²) >= 11 is 0. The zero-order valence-electron chi connectivity index (χ0n) is 15.2. The smallest absolute Gasteiger partial charge is 0.277 e. The normalized spacial score (nSPS) is 13.2. The van der Waals surface area contributed by atoms with Gasteiger partial charge in [-0.2, -0.15) is 5.43 Å². The molecule has 1 heterocycles. The van der Waals surface area contributed by atoms with Crippen molar-refractivity contribution in [2.45, 2.75) is 6.92 Å². The summed E-state index contributed by atoms with van der Waals surface area (Å²) < 4.78 is 5.28. The molecule has 138 valence electrons. The fraction of sp³-hybridized carbons (Fsp3) is 0.0952. The fourth-order valence-electron chi connectivity index (χ4n) is 2.87. The number of rotatable bonds is 4. The Hall–Kier alpha value is -3.02. The van der Waals surface area contributed by atoms with Crippen molar-refractivity contribution in [3.8, 4) is 5.75 Å². The lowest BCUT2D eigenvalue weighted by Gasteiger charge is -2.24. The summed E-state index contributed by atoms with van der Waals surface area (Å²) in [4.78, 5) is 0. The van der Waals surface area contributed by atoms with Gasteiger partial charge in [0, 0.05) is 0 Å². The largest absolute Gasteiger partial charge is 1.00 e. The van der Waals surface area contributed by atoms with Gasteiger partial charge in [0.1, 0.15) is 11.4 Å². The van der Waals surface area contributed by atoms with Crippen LogP contribution in [0.2, 0.25) is 0 Å². The summed E-state index contributed by atoms with van der Waals surface area (Å²) in [7, 11) is 1.67. The minimum Gasteiger partial charge on any atom is -1.00 e. The van der Waals surface area contributed by atoms with Crippen molar-refractivity contribution in [3.63, 3.8) is 0 Å². The van der Waals surface area contributed by atoms with Crippen molar-refractivity contribution in [3.05, 3.63) is 90.0 Å². The van der Waals surface area contributed by atoms with Crippen LogP contribution in [0.15, 0.2) is 84.0 Å². The molecule has 0 fully saturated rings. The van der Waals surface area contributed by atoms with E-state index in [1.165, 1.54) is 5.56 Å². The Labute approximate surface area is 165 Å². The number of amidine groups is 1. The molecule has 27 heavy (non-hydrogen) atoms. The van der Waals surface area contributed by atoms with Gasteiger partial charge < -0.3 is 17.1 Å². The van der Waals surface area contributed by atoms with Crippen molar-refractivity contribution in [1.29, 1.82) is 0 Å². The van der Waals surface area contributed by atoms with Gasteiger partial charge in [-0.15, -0.1) is 10.2 Å². The SMILES string of the molecule is COc1ccc(N2[NH2+]C(c3ccccc3)=NN2c2ccc(C)cc2)cc1.[Cl-]. The van der Waals surface area contributed by atoms with Crippen LogP contribution < -0.4 is 32.8 Å². The highest BCUT2D eigenvalue weighted by atomic mass is 35.5. The van der Waals surface area contributed by atoms with Crippen molar-refractivity contribution in [1.82, 2.24) is 0 Å². The summed E-state index contributed by atoms with van der Waals surface area (Å²) in [6.07, 6.45) is 0. The first-order valence-electron chi connectivity index (χ1n) is 8.53. The molecule has 0 atom stereocenters. The Morgan fingerprint density at radius 3 is 2.07 bits per heavy atom. The number of hydrogen-bond donors (Lipinski definition) is 1. The Kier molecular flexibility index (Phi) is 5.64. The minimum atomic E-state index is 0. The summed E-state index contributed by atoms with van der Waals surface area (Å²) in [5.41, 5.74) is 6.38. The van der Waals surface area contributed by atoms with E-state index in [4.69, 9.17) is 9.84 Å². The molecule has 0 aliphatic carbocycles. The molecule has 0 bridgehead atoms. The van der Waals surface area contributed by atoms with Gasteiger partial charge >= 0.3 is 0 Å². The lowest BCUT2D eigenvalue weighted by atomic mass is 10.2. The van der Waals surface area contributed by atoms with E-state index in [-0.39, 0.29) is 12.4 Å². The molecule has 0 unspecified atom stereocenters. The Morgan fingerprint density at radius 1 is 0.815 bits per heavy atom. The second kappa shape index (κ2) is 8.12. The molecule has 6 heteroatoms. The van der Waals surface area contributed by atoms with E-state index in [2.05, 4.69) is 48.7 Å². The molecule has 1 aliphatic rings. The second-order valence-electron chi connectivity index (χ2n) is 6.15. The Morgan fingerprint density at radius 2 is 1.44 bits per heavy atom. The van der Waals surface area contributed by atoms with E-state index in [1.807, 2.05) is 52.7 Å². The summed E-state index contributed by atoms with van der Waals surface area (Å²) in [6, 6.07) is 26.5. The lowest BCUT2D eigenvalue weighted by molar-refractivity contribution is -0.545. The molecule has 0 saturated carbocycles. The third kappa shape index (κ3) is 3.89. The van der Waals surface area contributed by atoms with Crippen LogP contribution in [-0.4, -0.2) is 12.9 Å². The number of hydrogen-bond acceptors (Lipinski definition) is 4. The van der Waals surface area contributed by atoms with E-state index < -0.39 is 0 Å². The topological polar surface area (TPSA) is 44.7 Å². The van der Waals surface area contributed by atoms with E-state index in [0.29, 0.717) is 0 Å². The van der Waals surface area contributed by atoms with Crippen LogP contribution in [0.5, 0.6) is 5.75 Å². The molecular weight excluding hydrogens is 360 g/mol. The maximum absolute atomic E-state index is 5.28. The summed E-state index contributed by atoms with van der Waals surface area (Å²) in [6.45, 7) is 2.08. The number of hydrazone groups is 1. The molecule has 3 aromatic rings. The van der Waals surface area contributed by atoms with Gasteiger partial charge in [-0.05, 0) is 55.5 Å². The van der Waals surface area contributed by atoms with Crippen LogP contribution in [0.4, 0.5) is 11.4 Å². The molecule has 1 aliphatic heterocycles. The average Bonchev–Trinajstić information content (AvgIpc) is 3.15. The molecule has 0 aromatic heterocycles. The Balaban J connectivity index is 0.00000210. The van der Waals surface area contributed by atoms with Gasteiger partial charge in [0.2, 0.25) is 0 Å². The maximum Gasteiger partial charge on any atom is 0.277 e. The number of nitrogens with zero attached hydrogens (tertiary/aromatic N) is 3. The number of benzene rings is 3. The molecule has 0 spiro atoms. The highest BCUT2D eigenvalue weighted by Gasteiger charge is 2.31. The van der Waals surface area contributed by atoms with Crippen LogP contribution in [0, 0.1) is 6.92 Å². The van der Waals surface area contributed by atoms with Crippen LogP contribution in [0.25, 0.3) is 0 Å². The van der Waals surface area contributed by atoms with E-state index >= 15 is 0 Å². The van der Waals surface area contributed by atoms with Gasteiger partial charge in [-0.3, -0.25) is 0 Å². The van der Waals surface area contributed by atoms with Crippen LogP contribution in [0.3, 0.4) is 0 Å². The molecular formula is C21H21ClN4O. The van der Waals surface area contributed by atoms with E-state index in [9.17, 15) is 0 Å². The van der Waals surface area contributed by atoms with Crippen LogP contribution in [0.1, 0.15) is 11.1 Å². The van der Waals surface area contributed by atoms with E-state index in [1.54, 1.807) is 7.11 Å². The molecule has 3 aromatic carbocycles. The molecule has 2 N–H and O–H groups in total. The molecule has 0 saturated heterocycles. The second-order valence-corrected chi connectivity index (χ2v) is 6.15. The average molecular weight is 381 g/mol. The number of quaternary nitrogens is 1. The maximum atomic E-state index is 5.28. The lowest BCUT2D eigenvalue weighted by Crippen LogP contribution is -3.00. The molecule has 5 nitrogen and oxygen atoms in total. The molecule has 4 rings (SSSR count). The molecule has 0 amide bonds. The fourth-order valence-corrected chi connectivity index (χ4v) is 2.87. The number of anilines is 2. The predicted molar refractivity (Wildman–Crippen MR) is 104 cm³/mol. The monoisotopic (exact) mass is 380 g/mol. The first kappa shape index (κ1) is 18.8.